The van der Waals surface area contributed by atoms with Crippen molar-refractivity contribution >= 4 is 40.8 Å². The normalized spacial score (nSPS) is 12.5. The van der Waals surface area contributed by atoms with Crippen LogP contribution in [-0.4, -0.2) is 39.1 Å². The van der Waals surface area contributed by atoms with Gasteiger partial charge in [-0.3, -0.25) is 19.6 Å². The molecule has 0 atom stereocenters. The summed E-state index contributed by atoms with van der Waals surface area (Å²) in [5.41, 5.74) is 3.06. The molecule has 0 aliphatic carbocycles. The topological polar surface area (TPSA) is 133 Å². The third-order valence-corrected chi connectivity index (χ3v) is 5.99. The number of nitrogens with zero attached hydrogens (tertiary/aromatic N) is 5. The number of methoxy groups -OCH3 is 1. The lowest BCUT2D eigenvalue weighted by atomic mass is 10.1. The van der Waals surface area contributed by atoms with Crippen LogP contribution in [0, 0.1) is 0 Å². The Morgan fingerprint density at radius 1 is 1.15 bits per heavy atom. The van der Waals surface area contributed by atoms with Crippen molar-refractivity contribution in [1.29, 1.82) is 0 Å². The van der Waals surface area contributed by atoms with Crippen LogP contribution in [0.5, 0.6) is 11.5 Å². The van der Waals surface area contributed by atoms with Gasteiger partial charge in [-0.25, -0.2) is 9.78 Å². The number of urea groups is 1. The number of amides is 3. The van der Waals surface area contributed by atoms with Gasteiger partial charge in [0.25, 0.3) is 0 Å². The monoisotopic (exact) mass is 523 g/mol. The first kappa shape index (κ1) is 25.2. The van der Waals surface area contributed by atoms with Crippen LogP contribution in [0.15, 0.2) is 85.8 Å². The minimum absolute atomic E-state index is 0.0280. The zero-order chi connectivity index (χ0) is 27.4. The number of carbonyl (C=O) groups excluding carboxylic acids is 2. The Balaban J connectivity index is 1.53. The van der Waals surface area contributed by atoms with Crippen molar-refractivity contribution in [3.05, 3.63) is 97.0 Å². The summed E-state index contributed by atoms with van der Waals surface area (Å²) in [6.45, 7) is 3.87. The van der Waals surface area contributed by atoms with Gasteiger partial charge in [-0.2, -0.15) is 4.98 Å². The molecule has 0 radical (unpaired) electrons. The van der Waals surface area contributed by atoms with Crippen molar-refractivity contribution < 1.29 is 19.4 Å². The average molecular weight is 524 g/mol. The Kier molecular flexibility index (Phi) is 7.04. The number of fused-ring (bicyclic) bond motifs is 1. The smallest absolute Gasteiger partial charge is 0.330 e. The summed E-state index contributed by atoms with van der Waals surface area (Å²) in [4.78, 5) is 42.1. The van der Waals surface area contributed by atoms with Gasteiger partial charge in [0, 0.05) is 42.4 Å². The van der Waals surface area contributed by atoms with Crippen molar-refractivity contribution in [2.75, 3.05) is 27.5 Å². The first-order valence-corrected chi connectivity index (χ1v) is 12.0. The molecule has 5 rings (SSSR count). The molecule has 0 spiro atoms. The molecule has 0 unspecified atom stereocenters. The lowest BCUT2D eigenvalue weighted by Gasteiger charge is -2.36. The fourth-order valence-corrected chi connectivity index (χ4v) is 4.14. The molecule has 0 saturated heterocycles. The standard InChI is InChI=1S/C28H25N7O4/c1-3-25(37)31-23-8-4-5-9-24(23)32-27-30-15-19-17-34(20-11-21(36)13-22(12-20)39-2)28(38)35(26(19)33-27)16-18-7-6-10-29-14-18/h3-15,36H,1,16-17H2,2H3,(H,31,37)(H,30,32,33). The highest BCUT2D eigenvalue weighted by molar-refractivity contribution is 6.05. The number of pyridine rings is 1. The molecule has 4 aromatic rings. The van der Waals surface area contributed by atoms with E-state index in [1.807, 2.05) is 12.1 Å². The van der Waals surface area contributed by atoms with Crippen LogP contribution in [0.1, 0.15) is 11.1 Å². The highest BCUT2D eigenvalue weighted by atomic mass is 16.5. The number of phenolic OH excluding ortho intramolecular Hbond substituents is 1. The van der Waals surface area contributed by atoms with E-state index in [9.17, 15) is 14.7 Å². The van der Waals surface area contributed by atoms with Crippen molar-refractivity contribution in [2.45, 2.75) is 13.1 Å². The zero-order valence-corrected chi connectivity index (χ0v) is 21.0. The minimum Gasteiger partial charge on any atom is -0.508 e. The summed E-state index contributed by atoms with van der Waals surface area (Å²) in [7, 11) is 1.49. The number of rotatable bonds is 8. The summed E-state index contributed by atoms with van der Waals surface area (Å²) in [6, 6.07) is 15.1. The predicted octanol–water partition coefficient (Wildman–Crippen LogP) is 4.60. The van der Waals surface area contributed by atoms with Gasteiger partial charge in [0.15, 0.2) is 0 Å². The van der Waals surface area contributed by atoms with Crippen LogP contribution in [0.2, 0.25) is 0 Å². The van der Waals surface area contributed by atoms with Gasteiger partial charge >= 0.3 is 6.03 Å². The lowest BCUT2D eigenvalue weighted by Crippen LogP contribution is -2.47. The Morgan fingerprint density at radius 2 is 1.97 bits per heavy atom. The number of carbonyl (C=O) groups is 2. The Morgan fingerprint density at radius 3 is 2.72 bits per heavy atom. The molecular formula is C28H25N7O4. The Hall–Kier alpha value is -5.45. The van der Waals surface area contributed by atoms with E-state index in [1.165, 1.54) is 35.1 Å². The van der Waals surface area contributed by atoms with Crippen LogP contribution < -0.4 is 25.2 Å². The largest absolute Gasteiger partial charge is 0.508 e. The molecule has 196 valence electrons. The quantitative estimate of drug-likeness (QED) is 0.286. The Labute approximate surface area is 224 Å². The van der Waals surface area contributed by atoms with Crippen LogP contribution in [0.25, 0.3) is 0 Å². The van der Waals surface area contributed by atoms with Crippen molar-refractivity contribution in [3.8, 4) is 11.5 Å². The molecule has 0 fully saturated rings. The van der Waals surface area contributed by atoms with Gasteiger partial charge in [-0.05, 0) is 29.8 Å². The summed E-state index contributed by atoms with van der Waals surface area (Å²) in [5, 5.41) is 16.1. The van der Waals surface area contributed by atoms with E-state index in [4.69, 9.17) is 4.74 Å². The van der Waals surface area contributed by atoms with E-state index in [0.717, 1.165) is 5.56 Å². The second-order valence-corrected chi connectivity index (χ2v) is 8.61. The maximum Gasteiger partial charge on any atom is 0.330 e. The number of hydrogen-bond acceptors (Lipinski definition) is 8. The van der Waals surface area contributed by atoms with Gasteiger partial charge < -0.3 is 20.5 Å². The third-order valence-electron chi connectivity index (χ3n) is 5.99. The molecule has 2 aromatic heterocycles. The maximum atomic E-state index is 13.9. The second kappa shape index (κ2) is 10.9. The van der Waals surface area contributed by atoms with Crippen molar-refractivity contribution in [1.82, 2.24) is 15.0 Å². The van der Waals surface area contributed by atoms with Gasteiger partial charge in [0.1, 0.15) is 17.3 Å². The van der Waals surface area contributed by atoms with E-state index in [2.05, 4.69) is 32.2 Å². The summed E-state index contributed by atoms with van der Waals surface area (Å²) < 4.78 is 5.28. The predicted molar refractivity (Wildman–Crippen MR) is 147 cm³/mol. The minimum atomic E-state index is -0.354. The fraction of sp³-hybridized carbons (Fsp3) is 0.107. The highest BCUT2D eigenvalue weighted by Gasteiger charge is 2.34. The molecule has 0 saturated carbocycles. The first-order valence-electron chi connectivity index (χ1n) is 12.0. The number of para-hydroxylation sites is 2. The molecule has 3 amide bonds. The number of aromatic nitrogens is 3. The summed E-state index contributed by atoms with van der Waals surface area (Å²) in [6.07, 6.45) is 6.17. The molecule has 2 aromatic carbocycles. The number of hydrogen-bond donors (Lipinski definition) is 3. The molecule has 39 heavy (non-hydrogen) atoms. The molecule has 1 aliphatic rings. The second-order valence-electron chi connectivity index (χ2n) is 8.61. The van der Waals surface area contributed by atoms with Crippen LogP contribution in [-0.2, 0) is 17.9 Å². The maximum absolute atomic E-state index is 13.9. The van der Waals surface area contributed by atoms with Gasteiger partial charge in [0.05, 0.1) is 37.3 Å². The lowest BCUT2D eigenvalue weighted by molar-refractivity contribution is -0.111. The number of anilines is 5. The molecule has 11 nitrogen and oxygen atoms in total. The molecule has 3 heterocycles. The molecule has 1 aliphatic heterocycles. The molecular weight excluding hydrogens is 498 g/mol. The van der Waals surface area contributed by atoms with Crippen LogP contribution in [0.4, 0.5) is 33.6 Å². The van der Waals surface area contributed by atoms with E-state index < -0.39 is 0 Å². The van der Waals surface area contributed by atoms with Crippen LogP contribution >= 0.6 is 0 Å². The van der Waals surface area contributed by atoms with Gasteiger partial charge in [-0.15, -0.1) is 0 Å². The SMILES string of the molecule is C=CC(=O)Nc1ccccc1Nc1ncc2c(n1)N(Cc1cccnc1)C(=O)N(c1cc(O)cc(OC)c1)C2. The summed E-state index contributed by atoms with van der Waals surface area (Å²) in [5.74, 6) is 0.704. The highest BCUT2D eigenvalue weighted by Crippen LogP contribution is 2.35. The first-order chi connectivity index (χ1) is 18.9. The van der Waals surface area contributed by atoms with Crippen molar-refractivity contribution in [2.24, 2.45) is 0 Å². The number of ether oxygens (including phenoxy) is 1. The Bertz CT molecular complexity index is 1540. The van der Waals surface area contributed by atoms with E-state index in [1.54, 1.807) is 48.9 Å². The summed E-state index contributed by atoms with van der Waals surface area (Å²) >= 11 is 0. The van der Waals surface area contributed by atoms with Gasteiger partial charge in [0.2, 0.25) is 11.9 Å². The molecule has 3 N–H and O–H groups in total. The number of aromatic hydroxyl groups is 1. The third kappa shape index (κ3) is 5.47. The van der Waals surface area contributed by atoms with E-state index in [-0.39, 0.29) is 36.7 Å². The van der Waals surface area contributed by atoms with Crippen LogP contribution in [0.3, 0.4) is 0 Å². The average Bonchev–Trinajstić information content (AvgIpc) is 2.95. The molecule has 11 heteroatoms. The number of phenols is 1. The van der Waals surface area contributed by atoms with E-state index in [0.29, 0.717) is 34.2 Å². The molecule has 0 bridgehead atoms. The fourth-order valence-electron chi connectivity index (χ4n) is 4.14. The van der Waals surface area contributed by atoms with Crippen molar-refractivity contribution in [3.63, 3.8) is 0 Å². The zero-order valence-electron chi connectivity index (χ0n) is 21.0. The number of benzene rings is 2. The number of nitrogens with one attached hydrogen (secondary N) is 2. The van der Waals surface area contributed by atoms with E-state index >= 15 is 0 Å². The van der Waals surface area contributed by atoms with Gasteiger partial charge in [-0.1, -0.05) is 24.8 Å².